The quantitative estimate of drug-likeness (QED) is 0.563. The number of likely N-dealkylation sites (N-methyl/N-ethyl adjacent to an activating group) is 1. The molecule has 0 aliphatic rings. The number of rotatable bonds is 8. The second kappa shape index (κ2) is 8.38. The van der Waals surface area contributed by atoms with Crippen molar-refractivity contribution in [2.45, 2.75) is 9.79 Å². The normalized spacial score (nSPS) is 11.6. The fourth-order valence-electron chi connectivity index (χ4n) is 1.56. The van der Waals surface area contributed by atoms with Gasteiger partial charge in [-0.05, 0) is 30.5 Å². The Bertz CT molecular complexity index is 558. The highest BCUT2D eigenvalue weighted by Gasteiger charge is 2.22. The van der Waals surface area contributed by atoms with Gasteiger partial charge in [0.25, 0.3) is 0 Å². The number of benzene rings is 1. The van der Waals surface area contributed by atoms with Gasteiger partial charge in [-0.15, -0.1) is 11.8 Å². The monoisotopic (exact) mass is 332 g/mol. The number of nitrogens with one attached hydrogen (secondary N) is 1. The van der Waals surface area contributed by atoms with Crippen molar-refractivity contribution in [1.82, 2.24) is 9.62 Å². The zero-order valence-electron chi connectivity index (χ0n) is 12.3. The van der Waals surface area contributed by atoms with Crippen molar-refractivity contribution in [2.24, 2.45) is 0 Å². The van der Waals surface area contributed by atoms with Crippen LogP contribution in [-0.4, -0.2) is 58.7 Å². The molecule has 1 rings (SSSR count). The van der Waals surface area contributed by atoms with Crippen LogP contribution in [0.4, 0.5) is 0 Å². The second-order valence-electron chi connectivity index (χ2n) is 4.28. The molecule has 21 heavy (non-hydrogen) atoms. The Balaban J connectivity index is 2.70. The van der Waals surface area contributed by atoms with Crippen molar-refractivity contribution in [1.29, 1.82) is 0 Å². The Kier molecular flexibility index (Phi) is 7.16. The molecule has 6 nitrogen and oxygen atoms in total. The summed E-state index contributed by atoms with van der Waals surface area (Å²) in [5.74, 6) is -0.362. The molecule has 0 radical (unpaired) electrons. The van der Waals surface area contributed by atoms with E-state index in [0.29, 0.717) is 13.2 Å². The molecule has 0 unspecified atom stereocenters. The van der Waals surface area contributed by atoms with E-state index < -0.39 is 10.0 Å². The molecule has 1 N–H and O–H groups in total. The van der Waals surface area contributed by atoms with E-state index in [1.54, 1.807) is 24.3 Å². The highest BCUT2D eigenvalue weighted by Crippen LogP contribution is 2.19. The number of hydrogen-bond acceptors (Lipinski definition) is 5. The van der Waals surface area contributed by atoms with Gasteiger partial charge in [0.2, 0.25) is 15.9 Å². The molecular formula is C13H20N2O4S2. The number of ether oxygens (including phenoxy) is 1. The van der Waals surface area contributed by atoms with Crippen LogP contribution in [0.15, 0.2) is 34.1 Å². The highest BCUT2D eigenvalue weighted by atomic mass is 32.2. The number of carbonyl (C=O) groups is 1. The molecule has 0 fully saturated rings. The van der Waals surface area contributed by atoms with Crippen molar-refractivity contribution >= 4 is 27.7 Å². The molecule has 1 aromatic rings. The second-order valence-corrected chi connectivity index (χ2v) is 7.20. The Morgan fingerprint density at radius 3 is 2.48 bits per heavy atom. The summed E-state index contributed by atoms with van der Waals surface area (Å²) in [6.45, 7) is 0.514. The maximum Gasteiger partial charge on any atom is 0.243 e. The van der Waals surface area contributed by atoms with E-state index in [2.05, 4.69) is 5.32 Å². The van der Waals surface area contributed by atoms with E-state index in [1.165, 1.54) is 25.9 Å². The molecule has 0 aliphatic carbocycles. The topological polar surface area (TPSA) is 75.7 Å². The Morgan fingerprint density at radius 2 is 1.95 bits per heavy atom. The fourth-order valence-corrected chi connectivity index (χ4v) is 3.10. The molecule has 0 heterocycles. The number of hydrogen-bond donors (Lipinski definition) is 1. The van der Waals surface area contributed by atoms with E-state index in [9.17, 15) is 13.2 Å². The van der Waals surface area contributed by atoms with Crippen LogP contribution in [0, 0.1) is 0 Å². The summed E-state index contributed by atoms with van der Waals surface area (Å²) in [5, 5.41) is 2.58. The molecule has 0 spiro atoms. The lowest BCUT2D eigenvalue weighted by Crippen LogP contribution is -2.39. The first-order valence-electron chi connectivity index (χ1n) is 6.28. The Morgan fingerprint density at radius 1 is 1.33 bits per heavy atom. The van der Waals surface area contributed by atoms with Gasteiger partial charge in [-0.3, -0.25) is 4.79 Å². The molecule has 0 aromatic heterocycles. The number of sulfonamides is 1. The van der Waals surface area contributed by atoms with Crippen LogP contribution in [0.25, 0.3) is 0 Å². The summed E-state index contributed by atoms with van der Waals surface area (Å²) < 4.78 is 30.5. The lowest BCUT2D eigenvalue weighted by Gasteiger charge is -2.17. The molecule has 1 amide bonds. The van der Waals surface area contributed by atoms with Gasteiger partial charge in [-0.25, -0.2) is 8.42 Å². The summed E-state index contributed by atoms with van der Waals surface area (Å²) in [6, 6.07) is 6.56. The first kappa shape index (κ1) is 18.0. The van der Waals surface area contributed by atoms with Crippen LogP contribution in [0.1, 0.15) is 0 Å². The number of amides is 1. The predicted molar refractivity (Wildman–Crippen MR) is 82.9 cm³/mol. The van der Waals surface area contributed by atoms with Crippen molar-refractivity contribution in [3.05, 3.63) is 24.3 Å². The van der Waals surface area contributed by atoms with Gasteiger partial charge in [-0.1, -0.05) is 0 Å². The summed E-state index contributed by atoms with van der Waals surface area (Å²) in [6.07, 6.45) is 1.92. The molecule has 0 aliphatic heterocycles. The lowest BCUT2D eigenvalue weighted by molar-refractivity contribution is -0.121. The van der Waals surface area contributed by atoms with Crippen molar-refractivity contribution in [3.63, 3.8) is 0 Å². The van der Waals surface area contributed by atoms with E-state index in [-0.39, 0.29) is 17.3 Å². The summed E-state index contributed by atoms with van der Waals surface area (Å²) in [5.41, 5.74) is 0. The maximum atomic E-state index is 12.3. The lowest BCUT2D eigenvalue weighted by atomic mass is 10.4. The molecule has 1 aromatic carbocycles. The minimum absolute atomic E-state index is 0.174. The van der Waals surface area contributed by atoms with Crippen LogP contribution in [0.2, 0.25) is 0 Å². The van der Waals surface area contributed by atoms with E-state index in [1.807, 2.05) is 6.26 Å². The highest BCUT2D eigenvalue weighted by molar-refractivity contribution is 7.98. The van der Waals surface area contributed by atoms with Crippen LogP contribution in [0.3, 0.4) is 0 Å². The van der Waals surface area contributed by atoms with Crippen molar-refractivity contribution < 1.29 is 17.9 Å². The molecule has 118 valence electrons. The van der Waals surface area contributed by atoms with E-state index >= 15 is 0 Å². The third kappa shape index (κ3) is 5.31. The SMILES string of the molecule is COCCNC(=O)CN(C)S(=O)(=O)c1ccc(SC)cc1. The van der Waals surface area contributed by atoms with Crippen LogP contribution in [0.5, 0.6) is 0 Å². The fraction of sp³-hybridized carbons (Fsp3) is 0.462. The minimum Gasteiger partial charge on any atom is -0.383 e. The molecule has 0 saturated carbocycles. The van der Waals surface area contributed by atoms with Crippen LogP contribution >= 0.6 is 11.8 Å². The average molecular weight is 332 g/mol. The summed E-state index contributed by atoms with van der Waals surface area (Å²) in [7, 11) is -0.746. The van der Waals surface area contributed by atoms with Crippen molar-refractivity contribution in [3.8, 4) is 0 Å². The Hall–Kier alpha value is -1.09. The van der Waals surface area contributed by atoms with Crippen LogP contribution in [-0.2, 0) is 19.6 Å². The van der Waals surface area contributed by atoms with E-state index in [4.69, 9.17) is 4.74 Å². The van der Waals surface area contributed by atoms with Crippen molar-refractivity contribution in [2.75, 3.05) is 40.1 Å². The number of nitrogens with zero attached hydrogens (tertiary/aromatic N) is 1. The summed E-state index contributed by atoms with van der Waals surface area (Å²) >= 11 is 1.53. The van der Waals surface area contributed by atoms with Gasteiger partial charge in [-0.2, -0.15) is 4.31 Å². The van der Waals surface area contributed by atoms with E-state index in [0.717, 1.165) is 9.20 Å². The van der Waals surface area contributed by atoms with Gasteiger partial charge < -0.3 is 10.1 Å². The average Bonchev–Trinajstić information content (AvgIpc) is 2.47. The number of methoxy groups -OCH3 is 1. The standard InChI is InChI=1S/C13H20N2O4S2/c1-15(10-13(16)14-8-9-19-2)21(17,18)12-6-4-11(20-3)5-7-12/h4-7H,8-10H2,1-3H3,(H,14,16). The molecule has 0 atom stereocenters. The number of thioether (sulfide) groups is 1. The largest absolute Gasteiger partial charge is 0.383 e. The minimum atomic E-state index is -3.66. The smallest absolute Gasteiger partial charge is 0.243 e. The maximum absolute atomic E-state index is 12.3. The predicted octanol–water partition coefficient (Wildman–Crippen LogP) is 0.792. The summed E-state index contributed by atoms with van der Waals surface area (Å²) in [4.78, 5) is 12.8. The first-order chi connectivity index (χ1) is 9.91. The number of carbonyl (C=O) groups excluding carboxylic acids is 1. The zero-order chi connectivity index (χ0) is 15.9. The molecule has 0 saturated heterocycles. The van der Waals surface area contributed by atoms with Gasteiger partial charge >= 0.3 is 0 Å². The molecule has 8 heteroatoms. The molecule has 0 bridgehead atoms. The third-order valence-corrected chi connectivity index (χ3v) is 5.32. The van der Waals surface area contributed by atoms with Crippen LogP contribution < -0.4 is 5.32 Å². The first-order valence-corrected chi connectivity index (χ1v) is 8.94. The van der Waals surface area contributed by atoms with Gasteiger partial charge in [0.05, 0.1) is 18.0 Å². The van der Waals surface area contributed by atoms with Gasteiger partial charge in [0.1, 0.15) is 0 Å². The van der Waals surface area contributed by atoms with Gasteiger partial charge in [0, 0.05) is 25.6 Å². The zero-order valence-corrected chi connectivity index (χ0v) is 14.0. The van der Waals surface area contributed by atoms with Gasteiger partial charge in [0.15, 0.2) is 0 Å². The third-order valence-electron chi connectivity index (χ3n) is 2.76. The molecular weight excluding hydrogens is 312 g/mol. The Labute approximate surface area is 129 Å².